The van der Waals surface area contributed by atoms with E-state index in [4.69, 9.17) is 0 Å². The highest BCUT2D eigenvalue weighted by Gasteiger charge is 2.18. The molecule has 0 aliphatic heterocycles. The number of nitro groups is 1. The van der Waals surface area contributed by atoms with Crippen molar-refractivity contribution in [3.63, 3.8) is 0 Å². The Morgan fingerprint density at radius 1 is 1.21 bits per heavy atom. The minimum absolute atomic E-state index is 0.0174. The SMILES string of the molecule is CC(c1ccc(-n2cncn2)cc1)N(C)C(=O)CSc1ccc([N+](=O)[O-])cc1. The molecule has 144 valence electrons. The largest absolute Gasteiger partial charge is 0.338 e. The molecule has 1 unspecified atom stereocenters. The summed E-state index contributed by atoms with van der Waals surface area (Å²) in [6.07, 6.45) is 3.11. The molecule has 9 heteroatoms. The number of amides is 1. The first-order chi connectivity index (χ1) is 13.5. The topological polar surface area (TPSA) is 94.2 Å². The van der Waals surface area contributed by atoms with Crippen LogP contribution in [0.3, 0.4) is 0 Å². The number of benzene rings is 2. The molecule has 0 aliphatic rings. The van der Waals surface area contributed by atoms with Crippen molar-refractivity contribution in [1.29, 1.82) is 0 Å². The molecule has 0 saturated heterocycles. The third-order valence-electron chi connectivity index (χ3n) is 4.44. The second kappa shape index (κ2) is 8.66. The number of thioether (sulfide) groups is 1. The summed E-state index contributed by atoms with van der Waals surface area (Å²) >= 11 is 1.36. The summed E-state index contributed by atoms with van der Waals surface area (Å²) in [5, 5.41) is 14.8. The van der Waals surface area contributed by atoms with Crippen LogP contribution in [0.15, 0.2) is 66.1 Å². The van der Waals surface area contributed by atoms with E-state index in [-0.39, 0.29) is 23.4 Å². The van der Waals surface area contributed by atoms with Gasteiger partial charge in [-0.25, -0.2) is 9.67 Å². The Bertz CT molecular complexity index is 943. The zero-order chi connectivity index (χ0) is 20.1. The van der Waals surface area contributed by atoms with Crippen molar-refractivity contribution in [2.75, 3.05) is 12.8 Å². The van der Waals surface area contributed by atoms with Gasteiger partial charge in [-0.05, 0) is 36.8 Å². The minimum atomic E-state index is -0.441. The molecule has 2 aromatic carbocycles. The molecular weight excluding hydrogens is 378 g/mol. The van der Waals surface area contributed by atoms with Gasteiger partial charge in [-0.2, -0.15) is 5.10 Å². The van der Waals surface area contributed by atoms with Crippen molar-refractivity contribution < 1.29 is 9.72 Å². The summed E-state index contributed by atoms with van der Waals surface area (Å²) in [5.41, 5.74) is 1.95. The fraction of sp³-hybridized carbons (Fsp3) is 0.211. The van der Waals surface area contributed by atoms with E-state index < -0.39 is 4.92 Å². The minimum Gasteiger partial charge on any atom is -0.338 e. The van der Waals surface area contributed by atoms with E-state index in [2.05, 4.69) is 10.1 Å². The maximum atomic E-state index is 12.5. The van der Waals surface area contributed by atoms with E-state index in [1.807, 2.05) is 31.2 Å². The Morgan fingerprint density at radius 3 is 2.46 bits per heavy atom. The molecule has 8 nitrogen and oxygen atoms in total. The number of hydrogen-bond donors (Lipinski definition) is 0. The molecular formula is C19H19N5O3S. The van der Waals surface area contributed by atoms with E-state index in [9.17, 15) is 14.9 Å². The quantitative estimate of drug-likeness (QED) is 0.344. The molecule has 1 amide bonds. The third kappa shape index (κ3) is 4.55. The van der Waals surface area contributed by atoms with Gasteiger partial charge in [0.05, 0.1) is 22.4 Å². The number of carbonyl (C=O) groups excluding carboxylic acids is 1. The zero-order valence-electron chi connectivity index (χ0n) is 15.4. The summed E-state index contributed by atoms with van der Waals surface area (Å²) in [6, 6.07) is 13.9. The Morgan fingerprint density at radius 2 is 1.89 bits per heavy atom. The van der Waals surface area contributed by atoms with Crippen LogP contribution in [-0.4, -0.2) is 43.3 Å². The summed E-state index contributed by atoms with van der Waals surface area (Å²) in [4.78, 5) is 29.2. The van der Waals surface area contributed by atoms with Crippen LogP contribution in [-0.2, 0) is 4.79 Å². The van der Waals surface area contributed by atoms with Crippen LogP contribution in [0.2, 0.25) is 0 Å². The number of nitrogens with zero attached hydrogens (tertiary/aromatic N) is 5. The highest BCUT2D eigenvalue weighted by atomic mass is 32.2. The molecule has 0 radical (unpaired) electrons. The number of hydrogen-bond acceptors (Lipinski definition) is 6. The molecule has 28 heavy (non-hydrogen) atoms. The predicted octanol–water partition coefficient (Wildman–Crippen LogP) is 3.49. The Kier molecular flexibility index (Phi) is 6.05. The first-order valence-electron chi connectivity index (χ1n) is 8.53. The van der Waals surface area contributed by atoms with Crippen LogP contribution in [0, 0.1) is 10.1 Å². The maximum absolute atomic E-state index is 12.5. The molecule has 0 bridgehead atoms. The summed E-state index contributed by atoms with van der Waals surface area (Å²) in [7, 11) is 1.77. The lowest BCUT2D eigenvalue weighted by molar-refractivity contribution is -0.384. The van der Waals surface area contributed by atoms with Crippen LogP contribution in [0.25, 0.3) is 5.69 Å². The Labute approximate surface area is 166 Å². The summed E-state index contributed by atoms with van der Waals surface area (Å²) < 4.78 is 1.67. The van der Waals surface area contributed by atoms with E-state index in [1.54, 1.807) is 35.1 Å². The predicted molar refractivity (Wildman–Crippen MR) is 106 cm³/mol. The second-order valence-electron chi connectivity index (χ2n) is 6.15. The number of rotatable bonds is 7. The fourth-order valence-electron chi connectivity index (χ4n) is 2.60. The van der Waals surface area contributed by atoms with Gasteiger partial charge in [0, 0.05) is 24.1 Å². The average Bonchev–Trinajstić information content (AvgIpc) is 3.26. The molecule has 1 atom stereocenters. The maximum Gasteiger partial charge on any atom is 0.269 e. The summed E-state index contributed by atoms with van der Waals surface area (Å²) in [6.45, 7) is 1.97. The van der Waals surface area contributed by atoms with Gasteiger partial charge in [-0.3, -0.25) is 14.9 Å². The van der Waals surface area contributed by atoms with Crippen LogP contribution >= 0.6 is 11.8 Å². The van der Waals surface area contributed by atoms with Crippen molar-refractivity contribution in [2.45, 2.75) is 17.9 Å². The van der Waals surface area contributed by atoms with E-state index in [0.29, 0.717) is 0 Å². The standard InChI is InChI=1S/C19H19N5O3S/c1-14(15-3-5-16(6-4-15)23-13-20-12-21-23)22(2)19(25)11-28-18-9-7-17(8-10-18)24(26)27/h3-10,12-14H,11H2,1-2H3. The number of carbonyl (C=O) groups is 1. The highest BCUT2D eigenvalue weighted by Crippen LogP contribution is 2.24. The van der Waals surface area contributed by atoms with E-state index in [1.165, 1.54) is 30.2 Å². The third-order valence-corrected chi connectivity index (χ3v) is 5.44. The van der Waals surface area contributed by atoms with Crippen LogP contribution in [0.1, 0.15) is 18.5 Å². The van der Waals surface area contributed by atoms with E-state index >= 15 is 0 Å². The highest BCUT2D eigenvalue weighted by molar-refractivity contribution is 8.00. The normalized spacial score (nSPS) is 11.8. The molecule has 0 fully saturated rings. The molecule has 3 rings (SSSR count). The Balaban J connectivity index is 1.58. The van der Waals surface area contributed by atoms with Crippen molar-refractivity contribution in [3.05, 3.63) is 76.9 Å². The Hall–Kier alpha value is -3.20. The summed E-state index contributed by atoms with van der Waals surface area (Å²) in [5.74, 6) is 0.242. The van der Waals surface area contributed by atoms with Crippen molar-refractivity contribution in [1.82, 2.24) is 19.7 Å². The first-order valence-corrected chi connectivity index (χ1v) is 9.52. The van der Waals surface area contributed by atoms with Gasteiger partial charge in [-0.1, -0.05) is 12.1 Å². The molecule has 0 spiro atoms. The molecule has 0 saturated carbocycles. The fourth-order valence-corrected chi connectivity index (χ4v) is 3.42. The lowest BCUT2D eigenvalue weighted by Crippen LogP contribution is -2.31. The van der Waals surface area contributed by atoms with Gasteiger partial charge >= 0.3 is 0 Å². The van der Waals surface area contributed by atoms with E-state index in [0.717, 1.165) is 16.1 Å². The van der Waals surface area contributed by atoms with Gasteiger partial charge in [-0.15, -0.1) is 11.8 Å². The molecule has 0 aliphatic carbocycles. The molecule has 3 aromatic rings. The first kappa shape index (κ1) is 19.6. The molecule has 1 heterocycles. The van der Waals surface area contributed by atoms with Gasteiger partial charge in [0.25, 0.3) is 5.69 Å². The lowest BCUT2D eigenvalue weighted by Gasteiger charge is -2.25. The smallest absolute Gasteiger partial charge is 0.269 e. The van der Waals surface area contributed by atoms with Crippen molar-refractivity contribution in [3.8, 4) is 5.69 Å². The van der Waals surface area contributed by atoms with Gasteiger partial charge in [0.2, 0.25) is 5.91 Å². The van der Waals surface area contributed by atoms with Gasteiger partial charge in [0.15, 0.2) is 0 Å². The zero-order valence-corrected chi connectivity index (χ0v) is 16.2. The average molecular weight is 397 g/mol. The van der Waals surface area contributed by atoms with Gasteiger partial charge < -0.3 is 4.90 Å². The van der Waals surface area contributed by atoms with Crippen molar-refractivity contribution in [2.24, 2.45) is 0 Å². The van der Waals surface area contributed by atoms with Crippen molar-refractivity contribution >= 4 is 23.4 Å². The number of aromatic nitrogens is 3. The number of non-ortho nitro benzene ring substituents is 1. The van der Waals surface area contributed by atoms with Crippen LogP contribution < -0.4 is 0 Å². The second-order valence-corrected chi connectivity index (χ2v) is 7.20. The molecule has 0 N–H and O–H groups in total. The lowest BCUT2D eigenvalue weighted by atomic mass is 10.1. The monoisotopic (exact) mass is 397 g/mol. The molecule has 1 aromatic heterocycles. The van der Waals surface area contributed by atoms with Gasteiger partial charge in [0.1, 0.15) is 12.7 Å². The van der Waals surface area contributed by atoms with Crippen LogP contribution in [0.5, 0.6) is 0 Å². The number of nitro benzene ring substituents is 1. The van der Waals surface area contributed by atoms with Crippen LogP contribution in [0.4, 0.5) is 5.69 Å².